The molecule has 1 aromatic carbocycles. The van der Waals surface area contributed by atoms with Crippen molar-refractivity contribution < 1.29 is 29.0 Å². The number of carbonyl (C=O) groups excluding carboxylic acids is 3. The summed E-state index contributed by atoms with van der Waals surface area (Å²) in [4.78, 5) is 47.2. The van der Waals surface area contributed by atoms with Crippen LogP contribution in [-0.2, 0) is 19.1 Å². The van der Waals surface area contributed by atoms with Gasteiger partial charge < -0.3 is 29.3 Å². The lowest BCUT2D eigenvalue weighted by Crippen LogP contribution is -2.58. The summed E-state index contributed by atoms with van der Waals surface area (Å²) < 4.78 is 11.9. The first kappa shape index (κ1) is 25.5. The van der Waals surface area contributed by atoms with E-state index in [1.807, 2.05) is 38.2 Å². The maximum Gasteiger partial charge on any atom is 0.253 e. The molecule has 0 aromatic heterocycles. The van der Waals surface area contributed by atoms with E-state index in [9.17, 15) is 19.5 Å². The summed E-state index contributed by atoms with van der Waals surface area (Å²) in [6.07, 6.45) is 8.13. The zero-order valence-corrected chi connectivity index (χ0v) is 21.6. The number of hydrogen-bond donors (Lipinski definition) is 1. The highest BCUT2D eigenvalue weighted by Crippen LogP contribution is 2.54. The van der Waals surface area contributed by atoms with Crippen LogP contribution < -0.4 is 9.64 Å². The maximum absolute atomic E-state index is 14.3. The van der Waals surface area contributed by atoms with Gasteiger partial charge in [-0.15, -0.1) is 0 Å². The highest BCUT2D eigenvalue weighted by Gasteiger charge is 2.72. The van der Waals surface area contributed by atoms with Crippen molar-refractivity contribution in [1.29, 1.82) is 0 Å². The van der Waals surface area contributed by atoms with Gasteiger partial charge >= 0.3 is 0 Å². The highest BCUT2D eigenvalue weighted by molar-refractivity contribution is 6.06. The second-order valence-electron chi connectivity index (χ2n) is 10.1. The van der Waals surface area contributed by atoms with Crippen LogP contribution >= 0.6 is 0 Å². The number of likely N-dealkylation sites (tertiary alicyclic amines) is 1. The lowest BCUT2D eigenvalue weighted by atomic mass is 9.77. The molecule has 2 saturated heterocycles. The van der Waals surface area contributed by atoms with Gasteiger partial charge in [0.2, 0.25) is 11.8 Å². The average molecular weight is 510 g/mol. The third-order valence-electron chi connectivity index (χ3n) is 8.13. The van der Waals surface area contributed by atoms with E-state index in [2.05, 4.69) is 0 Å². The van der Waals surface area contributed by atoms with Crippen molar-refractivity contribution in [1.82, 2.24) is 9.80 Å². The third-order valence-corrected chi connectivity index (χ3v) is 8.13. The molecule has 0 bridgehead atoms. The summed E-state index contributed by atoms with van der Waals surface area (Å²) >= 11 is 0. The Kier molecular flexibility index (Phi) is 6.85. The molecule has 0 radical (unpaired) electrons. The van der Waals surface area contributed by atoms with E-state index in [1.165, 1.54) is 4.90 Å². The van der Waals surface area contributed by atoms with E-state index in [-0.39, 0.29) is 24.3 Å². The van der Waals surface area contributed by atoms with E-state index >= 15 is 0 Å². The van der Waals surface area contributed by atoms with Crippen molar-refractivity contribution >= 4 is 23.4 Å². The van der Waals surface area contributed by atoms with E-state index in [0.29, 0.717) is 37.5 Å². The Morgan fingerprint density at radius 3 is 2.49 bits per heavy atom. The van der Waals surface area contributed by atoms with E-state index in [0.717, 1.165) is 6.42 Å². The summed E-state index contributed by atoms with van der Waals surface area (Å²) in [5, 5.41) is 10.2. The number of amides is 3. The van der Waals surface area contributed by atoms with E-state index in [4.69, 9.17) is 9.47 Å². The van der Waals surface area contributed by atoms with E-state index in [1.54, 1.807) is 41.2 Å². The zero-order valence-electron chi connectivity index (χ0n) is 21.6. The van der Waals surface area contributed by atoms with Crippen molar-refractivity contribution in [2.75, 3.05) is 38.3 Å². The Balaban J connectivity index is 1.61. The molecule has 9 heteroatoms. The molecule has 5 rings (SSSR count). The topological polar surface area (TPSA) is 99.6 Å². The summed E-state index contributed by atoms with van der Waals surface area (Å²) in [5.74, 6) is -1.64. The van der Waals surface area contributed by atoms with Crippen LogP contribution in [0.2, 0.25) is 0 Å². The van der Waals surface area contributed by atoms with Crippen LogP contribution in [0, 0.1) is 11.8 Å². The van der Waals surface area contributed by atoms with Gasteiger partial charge in [0.05, 0.1) is 37.7 Å². The molecule has 1 spiro atoms. The van der Waals surface area contributed by atoms with Gasteiger partial charge in [0.15, 0.2) is 0 Å². The molecule has 4 heterocycles. The second kappa shape index (κ2) is 9.95. The number of carbonyl (C=O) groups is 3. The second-order valence-corrected chi connectivity index (χ2v) is 10.1. The Hall–Kier alpha value is -3.17. The number of fused-ring (bicyclic) bond motifs is 2. The largest absolute Gasteiger partial charge is 0.497 e. The Morgan fingerprint density at radius 1 is 1.08 bits per heavy atom. The molecule has 2 fully saturated rings. The van der Waals surface area contributed by atoms with Crippen molar-refractivity contribution in [3.8, 4) is 5.75 Å². The monoisotopic (exact) mass is 509 g/mol. The highest BCUT2D eigenvalue weighted by atomic mass is 16.5. The number of hydrogen-bond acceptors (Lipinski definition) is 6. The molecule has 4 aliphatic rings. The number of nitrogens with zero attached hydrogens (tertiary/aromatic N) is 3. The molecule has 9 nitrogen and oxygen atoms in total. The minimum atomic E-state index is -1.30. The van der Waals surface area contributed by atoms with Crippen LogP contribution in [-0.4, -0.2) is 89.8 Å². The summed E-state index contributed by atoms with van der Waals surface area (Å²) in [5.41, 5.74) is -0.639. The van der Waals surface area contributed by atoms with Crippen LogP contribution in [0.3, 0.4) is 0 Å². The Labute approximate surface area is 217 Å². The summed E-state index contributed by atoms with van der Waals surface area (Å²) in [6.45, 7) is 4.95. The zero-order chi connectivity index (χ0) is 26.3. The van der Waals surface area contributed by atoms with Gasteiger partial charge in [-0.1, -0.05) is 38.2 Å². The van der Waals surface area contributed by atoms with Crippen molar-refractivity contribution in [3.63, 3.8) is 0 Å². The van der Waals surface area contributed by atoms with Gasteiger partial charge in [0, 0.05) is 25.3 Å². The molecule has 0 aliphatic carbocycles. The maximum atomic E-state index is 14.3. The number of ether oxygens (including phenoxy) is 2. The van der Waals surface area contributed by atoms with Gasteiger partial charge in [0.1, 0.15) is 17.4 Å². The van der Waals surface area contributed by atoms with Gasteiger partial charge in [-0.3, -0.25) is 14.4 Å². The lowest BCUT2D eigenvalue weighted by molar-refractivity contribution is -0.147. The fraction of sp³-hybridized carbons (Fsp3) is 0.536. The SMILES string of the molecule is CCCN1CC=C[C@H]2O[C@]34C=CCN(c5ccc(OC)cc5)C(=O)C3N([C@@H](CC)CO)C(=O)[C@@H]4[C@H]2C1=O. The molecule has 1 aromatic rings. The first-order chi connectivity index (χ1) is 17.9. The number of rotatable bonds is 7. The van der Waals surface area contributed by atoms with Gasteiger partial charge in [-0.2, -0.15) is 0 Å². The molecule has 37 heavy (non-hydrogen) atoms. The average Bonchev–Trinajstić information content (AvgIpc) is 3.23. The first-order valence-electron chi connectivity index (χ1n) is 13.1. The molecular weight excluding hydrogens is 474 g/mol. The van der Waals surface area contributed by atoms with Crippen LogP contribution in [0.5, 0.6) is 5.75 Å². The third kappa shape index (κ3) is 3.87. The van der Waals surface area contributed by atoms with Gasteiger partial charge in [0.25, 0.3) is 5.91 Å². The molecule has 4 aliphatic heterocycles. The minimum Gasteiger partial charge on any atom is -0.497 e. The predicted octanol–water partition coefficient (Wildman–Crippen LogP) is 1.76. The molecule has 0 saturated carbocycles. The minimum absolute atomic E-state index is 0.123. The van der Waals surface area contributed by atoms with Crippen molar-refractivity contribution in [2.24, 2.45) is 11.8 Å². The van der Waals surface area contributed by atoms with Crippen LogP contribution in [0.4, 0.5) is 5.69 Å². The number of methoxy groups -OCH3 is 1. The molecule has 6 atom stereocenters. The van der Waals surface area contributed by atoms with Gasteiger partial charge in [-0.05, 0) is 37.1 Å². The number of aliphatic hydroxyl groups is 1. The Bertz CT molecular complexity index is 1110. The molecule has 3 amide bonds. The molecular formula is C28H35N3O6. The normalized spacial score (nSPS) is 31.7. The fourth-order valence-corrected chi connectivity index (χ4v) is 6.40. The first-order valence-corrected chi connectivity index (χ1v) is 13.1. The van der Waals surface area contributed by atoms with E-state index < -0.39 is 35.6 Å². The van der Waals surface area contributed by atoms with Gasteiger partial charge in [-0.25, -0.2) is 0 Å². The number of benzene rings is 1. The smallest absolute Gasteiger partial charge is 0.253 e. The molecule has 198 valence electrons. The summed E-state index contributed by atoms with van der Waals surface area (Å²) in [7, 11) is 1.58. The fourth-order valence-electron chi connectivity index (χ4n) is 6.40. The number of anilines is 1. The van der Waals surface area contributed by atoms with Crippen molar-refractivity contribution in [2.45, 2.75) is 50.5 Å². The Morgan fingerprint density at radius 2 is 1.84 bits per heavy atom. The molecule has 1 unspecified atom stereocenters. The number of aliphatic hydroxyl groups excluding tert-OH is 1. The quantitative estimate of drug-likeness (QED) is 0.563. The van der Waals surface area contributed by atoms with Crippen molar-refractivity contribution in [3.05, 3.63) is 48.6 Å². The predicted molar refractivity (Wildman–Crippen MR) is 137 cm³/mol. The molecule has 1 N–H and O–H groups in total. The van der Waals surface area contributed by atoms with Crippen LogP contribution in [0.25, 0.3) is 0 Å². The van der Waals surface area contributed by atoms with Crippen LogP contribution in [0.15, 0.2) is 48.6 Å². The summed E-state index contributed by atoms with van der Waals surface area (Å²) in [6, 6.07) is 5.60. The standard InChI is InChI=1S/C28H35N3O6/c1-4-14-29-15-6-8-21-22(25(29)33)23-26(34)31(18(5-2)17-32)24-27(35)30(16-7-13-28(23,24)37-21)19-9-11-20(36-3)12-10-19/h6-13,18,21-24,32H,4-5,14-17H2,1-3H3/t18-,21+,22-,23-,24?,28-/m0/s1. The van der Waals surface area contributed by atoms with Crippen LogP contribution in [0.1, 0.15) is 26.7 Å². The lowest BCUT2D eigenvalue weighted by Gasteiger charge is -2.38.